The minimum absolute atomic E-state index is 0.128. The molecule has 0 saturated heterocycles. The van der Waals surface area contributed by atoms with Crippen LogP contribution in [0.3, 0.4) is 0 Å². The number of imidazole rings is 1. The van der Waals surface area contributed by atoms with E-state index in [2.05, 4.69) is 20.1 Å². The molecule has 146 valence electrons. The van der Waals surface area contributed by atoms with Crippen LogP contribution in [0.25, 0.3) is 16.9 Å². The van der Waals surface area contributed by atoms with Crippen LogP contribution in [-0.4, -0.2) is 26.9 Å². The number of ether oxygens (including phenoxy) is 1. The number of fused-ring (bicyclic) bond motifs is 1. The van der Waals surface area contributed by atoms with Crippen molar-refractivity contribution < 1.29 is 22.7 Å². The number of para-hydroxylation sites is 1. The summed E-state index contributed by atoms with van der Waals surface area (Å²) in [6.07, 6.45) is -3.33. The van der Waals surface area contributed by atoms with Gasteiger partial charge in [0, 0.05) is 11.3 Å². The predicted octanol–water partition coefficient (Wildman–Crippen LogP) is 4.55. The lowest BCUT2D eigenvalue weighted by atomic mass is 10.1. The van der Waals surface area contributed by atoms with Gasteiger partial charge in [0.05, 0.1) is 11.9 Å². The maximum absolute atomic E-state index is 12.5. The van der Waals surface area contributed by atoms with Crippen molar-refractivity contribution in [1.82, 2.24) is 14.6 Å². The van der Waals surface area contributed by atoms with E-state index in [9.17, 15) is 18.0 Å². The summed E-state index contributed by atoms with van der Waals surface area (Å²) in [5.41, 5.74) is 2.01. The second-order valence-corrected chi connectivity index (χ2v) is 6.03. The summed E-state index contributed by atoms with van der Waals surface area (Å²) in [6.45, 7) is 0. The van der Waals surface area contributed by atoms with E-state index in [1.54, 1.807) is 36.4 Å². The monoisotopic (exact) mass is 398 g/mol. The van der Waals surface area contributed by atoms with Crippen molar-refractivity contribution in [2.24, 2.45) is 0 Å². The highest BCUT2D eigenvalue weighted by Crippen LogP contribution is 2.28. The Labute approximate surface area is 162 Å². The van der Waals surface area contributed by atoms with Crippen molar-refractivity contribution in [3.8, 4) is 17.0 Å². The van der Waals surface area contributed by atoms with Crippen LogP contribution in [0.4, 0.5) is 18.9 Å². The van der Waals surface area contributed by atoms with Gasteiger partial charge in [-0.1, -0.05) is 30.3 Å². The number of anilines is 1. The summed E-state index contributed by atoms with van der Waals surface area (Å²) < 4.78 is 42.8. The van der Waals surface area contributed by atoms with Gasteiger partial charge in [-0.25, -0.2) is 9.50 Å². The minimum Gasteiger partial charge on any atom is -0.406 e. The average molecular weight is 398 g/mol. The number of benzene rings is 2. The first-order valence-corrected chi connectivity index (χ1v) is 8.46. The molecule has 0 saturated carbocycles. The summed E-state index contributed by atoms with van der Waals surface area (Å²) in [5.74, 6) is -0.783. The molecule has 0 radical (unpaired) electrons. The topological polar surface area (TPSA) is 68.5 Å². The molecule has 2 aromatic heterocycles. The highest BCUT2D eigenvalue weighted by molar-refractivity contribution is 6.02. The SMILES string of the molecule is O=C(Nc1ccccc1)c1ccc2ncc(-c3cccc(OC(F)(F)F)c3)n2n1. The third kappa shape index (κ3) is 4.18. The molecule has 9 heteroatoms. The Kier molecular flexibility index (Phi) is 4.63. The lowest BCUT2D eigenvalue weighted by molar-refractivity contribution is -0.274. The number of amides is 1. The zero-order chi connectivity index (χ0) is 20.4. The lowest BCUT2D eigenvalue weighted by Gasteiger charge is -2.10. The zero-order valence-electron chi connectivity index (χ0n) is 14.7. The third-order valence-electron chi connectivity index (χ3n) is 3.99. The molecule has 2 heterocycles. The van der Waals surface area contributed by atoms with E-state index in [-0.39, 0.29) is 11.4 Å². The van der Waals surface area contributed by atoms with E-state index < -0.39 is 12.3 Å². The number of alkyl halides is 3. The molecule has 1 N–H and O–H groups in total. The quantitative estimate of drug-likeness (QED) is 0.548. The first-order chi connectivity index (χ1) is 13.9. The van der Waals surface area contributed by atoms with Gasteiger partial charge < -0.3 is 10.1 Å². The second kappa shape index (κ2) is 7.27. The van der Waals surface area contributed by atoms with Gasteiger partial charge in [0.1, 0.15) is 11.4 Å². The highest BCUT2D eigenvalue weighted by Gasteiger charge is 2.31. The molecule has 6 nitrogen and oxygen atoms in total. The van der Waals surface area contributed by atoms with Crippen LogP contribution < -0.4 is 10.1 Å². The van der Waals surface area contributed by atoms with E-state index in [0.717, 1.165) is 0 Å². The van der Waals surface area contributed by atoms with Crippen LogP contribution in [0.5, 0.6) is 5.75 Å². The molecule has 0 unspecified atom stereocenters. The molecule has 0 aliphatic heterocycles. The molecule has 0 spiro atoms. The van der Waals surface area contributed by atoms with Gasteiger partial charge in [-0.2, -0.15) is 5.10 Å². The number of nitrogens with one attached hydrogen (secondary N) is 1. The fraction of sp³-hybridized carbons (Fsp3) is 0.0500. The Hall–Kier alpha value is -3.88. The van der Waals surface area contributed by atoms with E-state index in [1.165, 1.54) is 35.0 Å². The lowest BCUT2D eigenvalue weighted by Crippen LogP contribution is -2.17. The number of hydrogen-bond donors (Lipinski definition) is 1. The number of hydrogen-bond acceptors (Lipinski definition) is 4. The largest absolute Gasteiger partial charge is 0.573 e. The van der Waals surface area contributed by atoms with Gasteiger partial charge in [-0.05, 0) is 36.4 Å². The van der Waals surface area contributed by atoms with Gasteiger partial charge in [0.25, 0.3) is 5.91 Å². The summed E-state index contributed by atoms with van der Waals surface area (Å²) in [4.78, 5) is 16.7. The van der Waals surface area contributed by atoms with Crippen molar-refractivity contribution >= 4 is 17.2 Å². The predicted molar refractivity (Wildman–Crippen MR) is 99.5 cm³/mol. The van der Waals surface area contributed by atoms with Crippen molar-refractivity contribution in [1.29, 1.82) is 0 Å². The Morgan fingerprint density at radius 1 is 1.00 bits per heavy atom. The second-order valence-electron chi connectivity index (χ2n) is 6.03. The van der Waals surface area contributed by atoms with Gasteiger partial charge in [0.15, 0.2) is 5.65 Å². The van der Waals surface area contributed by atoms with Crippen molar-refractivity contribution in [2.75, 3.05) is 5.32 Å². The zero-order valence-corrected chi connectivity index (χ0v) is 14.7. The van der Waals surface area contributed by atoms with E-state index in [4.69, 9.17) is 0 Å². The van der Waals surface area contributed by atoms with Gasteiger partial charge in [-0.3, -0.25) is 4.79 Å². The van der Waals surface area contributed by atoms with Gasteiger partial charge in [-0.15, -0.1) is 13.2 Å². The highest BCUT2D eigenvalue weighted by atomic mass is 19.4. The standard InChI is InChI=1S/C20H13F3N4O2/c21-20(22,23)29-15-8-4-5-13(11-15)17-12-24-18-10-9-16(26-27(17)18)19(28)25-14-6-2-1-3-7-14/h1-12H,(H,25,28). The molecule has 4 aromatic rings. The Bertz CT molecular complexity index is 1170. The van der Waals surface area contributed by atoms with Crippen molar-refractivity contribution in [2.45, 2.75) is 6.36 Å². The molecule has 0 fully saturated rings. The Morgan fingerprint density at radius 2 is 1.79 bits per heavy atom. The van der Waals surface area contributed by atoms with Crippen molar-refractivity contribution in [3.05, 3.63) is 78.6 Å². The smallest absolute Gasteiger partial charge is 0.406 e. The summed E-state index contributed by atoms with van der Waals surface area (Å²) in [7, 11) is 0. The molecule has 0 atom stereocenters. The van der Waals surface area contributed by atoms with Crippen LogP contribution in [0.2, 0.25) is 0 Å². The number of halogens is 3. The van der Waals surface area contributed by atoms with Gasteiger partial charge >= 0.3 is 6.36 Å². The molecule has 29 heavy (non-hydrogen) atoms. The first kappa shape index (κ1) is 18.5. The molecular weight excluding hydrogens is 385 g/mol. The molecule has 0 bridgehead atoms. The fourth-order valence-electron chi connectivity index (χ4n) is 2.76. The first-order valence-electron chi connectivity index (χ1n) is 8.46. The van der Waals surface area contributed by atoms with E-state index >= 15 is 0 Å². The van der Waals surface area contributed by atoms with E-state index in [1.807, 2.05) is 6.07 Å². The molecule has 1 amide bonds. The number of aromatic nitrogens is 3. The Balaban J connectivity index is 1.67. The number of carbonyl (C=O) groups excluding carboxylic acids is 1. The van der Waals surface area contributed by atoms with Crippen molar-refractivity contribution in [3.63, 3.8) is 0 Å². The minimum atomic E-state index is -4.79. The molecule has 2 aromatic carbocycles. The maximum Gasteiger partial charge on any atom is 0.573 e. The Morgan fingerprint density at radius 3 is 2.55 bits per heavy atom. The summed E-state index contributed by atoms with van der Waals surface area (Å²) in [6, 6.07) is 17.5. The van der Waals surface area contributed by atoms with Crippen LogP contribution >= 0.6 is 0 Å². The number of rotatable bonds is 4. The molecule has 0 aliphatic carbocycles. The normalized spacial score (nSPS) is 11.4. The van der Waals surface area contributed by atoms with E-state index in [0.29, 0.717) is 22.6 Å². The van der Waals surface area contributed by atoms with Gasteiger partial charge in [0.2, 0.25) is 0 Å². The number of nitrogens with zero attached hydrogens (tertiary/aromatic N) is 3. The van der Waals surface area contributed by atoms with Crippen LogP contribution in [0.15, 0.2) is 72.9 Å². The molecule has 4 rings (SSSR count). The van der Waals surface area contributed by atoms with Crippen LogP contribution in [-0.2, 0) is 0 Å². The third-order valence-corrected chi connectivity index (χ3v) is 3.99. The average Bonchev–Trinajstić information content (AvgIpc) is 3.11. The molecule has 0 aliphatic rings. The summed E-state index contributed by atoms with van der Waals surface area (Å²) >= 11 is 0. The summed E-state index contributed by atoms with van der Waals surface area (Å²) in [5, 5.41) is 7.02. The number of carbonyl (C=O) groups is 1. The van der Waals surface area contributed by atoms with Crippen LogP contribution in [0, 0.1) is 0 Å². The molecular formula is C20H13F3N4O2. The fourth-order valence-corrected chi connectivity index (χ4v) is 2.76. The maximum atomic E-state index is 12.5. The van der Waals surface area contributed by atoms with Crippen LogP contribution in [0.1, 0.15) is 10.5 Å².